The van der Waals surface area contributed by atoms with E-state index in [1.807, 2.05) is 31.2 Å². The summed E-state index contributed by atoms with van der Waals surface area (Å²) in [6, 6.07) is 9.10. The summed E-state index contributed by atoms with van der Waals surface area (Å²) in [4.78, 5) is 15.9. The number of aliphatic hydroxyl groups is 1. The van der Waals surface area contributed by atoms with Gasteiger partial charge < -0.3 is 14.4 Å². The highest BCUT2D eigenvalue weighted by atomic mass is 16.5. The minimum atomic E-state index is -0.738. The molecule has 0 saturated heterocycles. The quantitative estimate of drug-likeness (QED) is 0.758. The van der Waals surface area contributed by atoms with Crippen molar-refractivity contribution >= 4 is 5.78 Å². The molecule has 2 heterocycles. The number of ether oxygens (including phenoxy) is 1. The van der Waals surface area contributed by atoms with Gasteiger partial charge in [-0.15, -0.1) is 0 Å². The fourth-order valence-corrected chi connectivity index (χ4v) is 2.37. The van der Waals surface area contributed by atoms with Gasteiger partial charge in [0.1, 0.15) is 24.8 Å². The number of aliphatic hydroxyl groups excluding tert-OH is 1. The molecule has 2 aromatic heterocycles. The Bertz CT molecular complexity index is 867. The minimum absolute atomic E-state index is 0.148. The molecule has 0 bridgehead atoms. The number of benzene rings is 1. The fraction of sp³-hybridized carbons (Fsp3) is 0.312. The Morgan fingerprint density at radius 2 is 2.00 bits per heavy atom. The zero-order valence-corrected chi connectivity index (χ0v) is 13.0. The second kappa shape index (κ2) is 6.21. The van der Waals surface area contributed by atoms with Gasteiger partial charge in [-0.1, -0.05) is 17.7 Å². The molecule has 0 spiro atoms. The van der Waals surface area contributed by atoms with E-state index < -0.39 is 6.10 Å². The zero-order chi connectivity index (χ0) is 16.4. The van der Waals surface area contributed by atoms with Gasteiger partial charge in [-0.25, -0.2) is 0 Å². The lowest BCUT2D eigenvalue weighted by molar-refractivity contribution is 0.0925. The van der Waals surface area contributed by atoms with E-state index in [2.05, 4.69) is 10.1 Å². The van der Waals surface area contributed by atoms with Gasteiger partial charge >= 0.3 is 0 Å². The Morgan fingerprint density at radius 3 is 2.74 bits per heavy atom. The molecule has 0 amide bonds. The lowest BCUT2D eigenvalue weighted by Gasteiger charge is -2.16. The third kappa shape index (κ3) is 3.24. The normalized spacial score (nSPS) is 12.5. The van der Waals surface area contributed by atoms with Crippen LogP contribution in [0.25, 0.3) is 5.78 Å². The molecule has 3 aromatic rings. The van der Waals surface area contributed by atoms with E-state index in [4.69, 9.17) is 4.74 Å². The maximum absolute atomic E-state index is 11.8. The average molecular weight is 314 g/mol. The van der Waals surface area contributed by atoms with Crippen LogP contribution in [0.1, 0.15) is 11.3 Å². The smallest absolute Gasteiger partial charge is 0.275 e. The van der Waals surface area contributed by atoms with Crippen LogP contribution in [0, 0.1) is 13.8 Å². The highest BCUT2D eigenvalue weighted by Gasteiger charge is 2.13. The molecule has 120 valence electrons. The first-order chi connectivity index (χ1) is 11.0. The van der Waals surface area contributed by atoms with Crippen LogP contribution in [0.4, 0.5) is 0 Å². The lowest BCUT2D eigenvalue weighted by Crippen LogP contribution is -2.28. The first-order valence-corrected chi connectivity index (χ1v) is 7.32. The van der Waals surface area contributed by atoms with E-state index in [1.165, 1.54) is 16.9 Å². The van der Waals surface area contributed by atoms with E-state index in [1.54, 1.807) is 11.5 Å². The average Bonchev–Trinajstić information content (AvgIpc) is 3.01. The van der Waals surface area contributed by atoms with E-state index in [-0.39, 0.29) is 18.7 Å². The van der Waals surface area contributed by atoms with Gasteiger partial charge in [0.05, 0.1) is 6.54 Å². The highest BCUT2D eigenvalue weighted by molar-refractivity contribution is 5.29. The first kappa shape index (κ1) is 15.2. The number of rotatable bonds is 5. The maximum Gasteiger partial charge on any atom is 0.275 e. The molecular weight excluding hydrogens is 296 g/mol. The van der Waals surface area contributed by atoms with Gasteiger partial charge in [-0.2, -0.15) is 14.6 Å². The largest absolute Gasteiger partial charge is 0.491 e. The Kier molecular flexibility index (Phi) is 4.12. The van der Waals surface area contributed by atoms with Gasteiger partial charge in [-0.05, 0) is 26.0 Å². The molecule has 0 unspecified atom stereocenters. The van der Waals surface area contributed by atoms with Crippen molar-refractivity contribution in [1.82, 2.24) is 19.2 Å². The van der Waals surface area contributed by atoms with Crippen molar-refractivity contribution in [3.05, 3.63) is 58.3 Å². The number of hydrogen-bond donors (Lipinski definition) is 1. The van der Waals surface area contributed by atoms with Crippen LogP contribution in [0.5, 0.6) is 5.75 Å². The van der Waals surface area contributed by atoms with Crippen LogP contribution < -0.4 is 10.3 Å². The molecule has 23 heavy (non-hydrogen) atoms. The van der Waals surface area contributed by atoms with Crippen molar-refractivity contribution < 1.29 is 9.84 Å². The molecule has 7 nitrogen and oxygen atoms in total. The van der Waals surface area contributed by atoms with Gasteiger partial charge in [0.15, 0.2) is 0 Å². The second-order valence-electron chi connectivity index (χ2n) is 5.48. The molecule has 1 aromatic carbocycles. The number of aromatic nitrogens is 4. The number of aryl methyl sites for hydroxylation is 2. The molecule has 3 rings (SSSR count). The third-order valence-electron chi connectivity index (χ3n) is 3.59. The van der Waals surface area contributed by atoms with Crippen molar-refractivity contribution in [2.45, 2.75) is 26.5 Å². The monoisotopic (exact) mass is 314 g/mol. The van der Waals surface area contributed by atoms with Crippen molar-refractivity contribution in [2.24, 2.45) is 0 Å². The van der Waals surface area contributed by atoms with Crippen LogP contribution in [0.3, 0.4) is 0 Å². The van der Waals surface area contributed by atoms with E-state index >= 15 is 0 Å². The summed E-state index contributed by atoms with van der Waals surface area (Å²) in [7, 11) is 0. The van der Waals surface area contributed by atoms with Crippen molar-refractivity contribution in [3.63, 3.8) is 0 Å². The predicted octanol–water partition coefficient (Wildman–Crippen LogP) is 0.948. The van der Waals surface area contributed by atoms with Crippen molar-refractivity contribution in [2.75, 3.05) is 6.61 Å². The molecule has 1 atom stereocenters. The minimum Gasteiger partial charge on any atom is -0.491 e. The van der Waals surface area contributed by atoms with Crippen LogP contribution in [0.2, 0.25) is 0 Å². The SMILES string of the molecule is Cc1ccc(OC[C@@H](O)Cn2c(C)cc(=O)n3ncnc23)cc1. The molecule has 0 saturated carbocycles. The van der Waals surface area contributed by atoms with Crippen molar-refractivity contribution in [3.8, 4) is 5.75 Å². The van der Waals surface area contributed by atoms with Gasteiger partial charge in [0.2, 0.25) is 5.78 Å². The van der Waals surface area contributed by atoms with Crippen molar-refractivity contribution in [1.29, 1.82) is 0 Å². The van der Waals surface area contributed by atoms with Gasteiger partial charge in [0, 0.05) is 11.8 Å². The second-order valence-corrected chi connectivity index (χ2v) is 5.48. The Labute approximate surface area is 132 Å². The standard InChI is InChI=1S/C16H18N4O3/c1-11-3-5-14(6-4-11)23-9-13(21)8-19-12(2)7-15(22)20-16(19)17-10-18-20/h3-7,10,13,21H,8-9H2,1-2H3/t13-/m0/s1. The molecule has 0 radical (unpaired) electrons. The summed E-state index contributed by atoms with van der Waals surface area (Å²) in [5, 5.41) is 14.1. The zero-order valence-electron chi connectivity index (χ0n) is 13.0. The van der Waals surface area contributed by atoms with Crippen LogP contribution in [-0.4, -0.2) is 37.0 Å². The summed E-state index contributed by atoms with van der Waals surface area (Å²) in [6.45, 7) is 4.21. The molecule has 0 fully saturated rings. The predicted molar refractivity (Wildman–Crippen MR) is 84.7 cm³/mol. The van der Waals surface area contributed by atoms with E-state index in [0.717, 1.165) is 5.56 Å². The van der Waals surface area contributed by atoms with E-state index in [9.17, 15) is 9.90 Å². The Hall–Kier alpha value is -2.67. The summed E-state index contributed by atoms with van der Waals surface area (Å²) >= 11 is 0. The summed E-state index contributed by atoms with van der Waals surface area (Å²) < 4.78 is 8.54. The first-order valence-electron chi connectivity index (χ1n) is 7.32. The third-order valence-corrected chi connectivity index (χ3v) is 3.59. The fourth-order valence-electron chi connectivity index (χ4n) is 2.37. The summed E-state index contributed by atoms with van der Waals surface area (Å²) in [6.07, 6.45) is 0.583. The number of fused-ring (bicyclic) bond motifs is 1. The summed E-state index contributed by atoms with van der Waals surface area (Å²) in [5.74, 6) is 1.11. The Balaban J connectivity index is 1.73. The number of nitrogens with zero attached hydrogens (tertiary/aromatic N) is 4. The van der Waals surface area contributed by atoms with E-state index in [0.29, 0.717) is 17.2 Å². The molecule has 0 aliphatic carbocycles. The molecule has 7 heteroatoms. The number of hydrogen-bond acceptors (Lipinski definition) is 5. The molecular formula is C16H18N4O3. The molecule has 0 aliphatic rings. The topological polar surface area (TPSA) is 81.7 Å². The maximum atomic E-state index is 11.8. The Morgan fingerprint density at radius 1 is 1.26 bits per heavy atom. The van der Waals surface area contributed by atoms with Gasteiger partial charge in [0.25, 0.3) is 5.56 Å². The lowest BCUT2D eigenvalue weighted by atomic mass is 10.2. The molecule has 1 N–H and O–H groups in total. The highest BCUT2D eigenvalue weighted by Crippen LogP contribution is 2.12. The molecule has 0 aliphatic heterocycles. The van der Waals surface area contributed by atoms with Crippen LogP contribution in [0.15, 0.2) is 41.5 Å². The van der Waals surface area contributed by atoms with Gasteiger partial charge in [-0.3, -0.25) is 4.79 Å². The van der Waals surface area contributed by atoms with Crippen LogP contribution in [-0.2, 0) is 6.54 Å². The summed E-state index contributed by atoms with van der Waals surface area (Å²) in [5.41, 5.74) is 1.62. The van der Waals surface area contributed by atoms with Crippen LogP contribution >= 0.6 is 0 Å².